The quantitative estimate of drug-likeness (QED) is 0.435. The molecule has 0 aliphatic carbocycles. The first-order valence-electron chi connectivity index (χ1n) is 6.13. The number of aliphatic hydroxyl groups excluding tert-OH is 1. The monoisotopic (exact) mass is 284 g/mol. The lowest BCUT2D eigenvalue weighted by molar-refractivity contribution is 0.0648. The van der Waals surface area contributed by atoms with Gasteiger partial charge in [-0.15, -0.1) is 0 Å². The minimum absolute atomic E-state index is 0.0340. The number of pyridine rings is 1. The molecule has 0 radical (unpaired) electrons. The Kier molecular flexibility index (Phi) is 4.24. The standard InChI is InChI=1S/C12H17ClN4O2/c1-7-2-3-17(9(7)6-18)12(19)8-4-10(13)15-11(5-8)16-14/h4-5,7,9,18H,2-3,6,14H2,1H3,(H,15,16). The molecule has 0 bridgehead atoms. The van der Waals surface area contributed by atoms with E-state index >= 15 is 0 Å². The highest BCUT2D eigenvalue weighted by Crippen LogP contribution is 2.26. The molecule has 1 saturated heterocycles. The van der Waals surface area contributed by atoms with Crippen molar-refractivity contribution < 1.29 is 9.90 Å². The molecular formula is C12H17ClN4O2. The largest absolute Gasteiger partial charge is 0.394 e. The first-order chi connectivity index (χ1) is 9.06. The van der Waals surface area contributed by atoms with Crippen molar-refractivity contribution in [3.63, 3.8) is 0 Å². The van der Waals surface area contributed by atoms with Gasteiger partial charge in [0.2, 0.25) is 0 Å². The lowest BCUT2D eigenvalue weighted by Gasteiger charge is -2.25. The number of hydrazine groups is 1. The maximum Gasteiger partial charge on any atom is 0.254 e. The van der Waals surface area contributed by atoms with E-state index in [0.29, 0.717) is 23.8 Å². The molecule has 1 aliphatic heterocycles. The molecular weight excluding hydrogens is 268 g/mol. The van der Waals surface area contributed by atoms with Crippen LogP contribution in [0, 0.1) is 5.92 Å². The summed E-state index contributed by atoms with van der Waals surface area (Å²) in [4.78, 5) is 18.0. The third kappa shape index (κ3) is 2.80. The van der Waals surface area contributed by atoms with Gasteiger partial charge < -0.3 is 15.4 Å². The van der Waals surface area contributed by atoms with Crippen molar-refractivity contribution in [1.82, 2.24) is 9.88 Å². The van der Waals surface area contributed by atoms with E-state index in [1.54, 1.807) is 11.0 Å². The highest BCUT2D eigenvalue weighted by atomic mass is 35.5. The second-order valence-corrected chi connectivity index (χ2v) is 5.11. The van der Waals surface area contributed by atoms with Crippen molar-refractivity contribution in [3.05, 3.63) is 22.8 Å². The average Bonchev–Trinajstić information content (AvgIpc) is 2.78. The van der Waals surface area contributed by atoms with Crippen LogP contribution in [0.5, 0.6) is 0 Å². The minimum atomic E-state index is -0.163. The Labute approximate surface area is 116 Å². The first kappa shape index (κ1) is 14.0. The highest BCUT2D eigenvalue weighted by Gasteiger charge is 2.34. The van der Waals surface area contributed by atoms with Gasteiger partial charge in [-0.3, -0.25) is 4.79 Å². The number of halogens is 1. The van der Waals surface area contributed by atoms with Gasteiger partial charge in [0.15, 0.2) is 0 Å². The summed E-state index contributed by atoms with van der Waals surface area (Å²) in [6, 6.07) is 2.90. The van der Waals surface area contributed by atoms with Gasteiger partial charge >= 0.3 is 0 Å². The number of aliphatic hydroxyl groups is 1. The van der Waals surface area contributed by atoms with Crippen LogP contribution >= 0.6 is 11.6 Å². The molecule has 1 aliphatic rings. The molecule has 0 saturated carbocycles. The van der Waals surface area contributed by atoms with Crippen LogP contribution in [0.3, 0.4) is 0 Å². The molecule has 1 aromatic rings. The van der Waals surface area contributed by atoms with Crippen molar-refractivity contribution in [2.24, 2.45) is 11.8 Å². The van der Waals surface area contributed by atoms with Crippen LogP contribution in [-0.2, 0) is 0 Å². The Balaban J connectivity index is 2.26. The maximum absolute atomic E-state index is 12.4. The number of nitrogen functional groups attached to an aromatic ring is 1. The topological polar surface area (TPSA) is 91.5 Å². The molecule has 0 aromatic carbocycles. The predicted octanol–water partition coefficient (Wildman–Crippen LogP) is 0.864. The van der Waals surface area contributed by atoms with Crippen LogP contribution in [0.4, 0.5) is 5.82 Å². The molecule has 2 rings (SSSR count). The van der Waals surface area contributed by atoms with Crippen LogP contribution in [0.15, 0.2) is 12.1 Å². The number of carbonyl (C=O) groups excluding carboxylic acids is 1. The number of hydrogen-bond acceptors (Lipinski definition) is 5. The Morgan fingerprint density at radius 3 is 3.05 bits per heavy atom. The summed E-state index contributed by atoms with van der Waals surface area (Å²) >= 11 is 5.85. The summed E-state index contributed by atoms with van der Waals surface area (Å²) in [5.41, 5.74) is 2.79. The van der Waals surface area contributed by atoms with Crippen LogP contribution < -0.4 is 11.3 Å². The molecule has 0 spiro atoms. The molecule has 1 aromatic heterocycles. The van der Waals surface area contributed by atoms with Crippen molar-refractivity contribution >= 4 is 23.3 Å². The van der Waals surface area contributed by atoms with Crippen molar-refractivity contribution in [2.75, 3.05) is 18.6 Å². The SMILES string of the molecule is CC1CCN(C(=O)c2cc(Cl)nc(NN)c2)C1CO. The first-order valence-corrected chi connectivity index (χ1v) is 6.50. The van der Waals surface area contributed by atoms with Gasteiger partial charge in [0.05, 0.1) is 12.6 Å². The number of rotatable bonds is 3. The summed E-state index contributed by atoms with van der Waals surface area (Å²) in [7, 11) is 0. The zero-order valence-electron chi connectivity index (χ0n) is 10.6. The fraction of sp³-hybridized carbons (Fsp3) is 0.500. The minimum Gasteiger partial charge on any atom is -0.394 e. The van der Waals surface area contributed by atoms with E-state index in [1.165, 1.54) is 6.07 Å². The molecule has 19 heavy (non-hydrogen) atoms. The molecule has 104 valence electrons. The lowest BCUT2D eigenvalue weighted by atomic mass is 10.0. The van der Waals surface area contributed by atoms with E-state index in [9.17, 15) is 9.90 Å². The van der Waals surface area contributed by atoms with Gasteiger partial charge in [0.1, 0.15) is 11.0 Å². The third-order valence-corrected chi connectivity index (χ3v) is 3.71. The van der Waals surface area contributed by atoms with Gasteiger partial charge in [-0.25, -0.2) is 10.8 Å². The normalized spacial score (nSPS) is 22.6. The number of nitrogens with zero attached hydrogens (tertiary/aromatic N) is 2. The van der Waals surface area contributed by atoms with Crippen molar-refractivity contribution in [2.45, 2.75) is 19.4 Å². The Hall–Kier alpha value is -1.37. The number of amides is 1. The second kappa shape index (κ2) is 5.73. The Bertz CT molecular complexity index is 483. The molecule has 7 heteroatoms. The zero-order chi connectivity index (χ0) is 14.0. The van der Waals surface area contributed by atoms with E-state index < -0.39 is 0 Å². The smallest absolute Gasteiger partial charge is 0.254 e. The molecule has 1 amide bonds. The van der Waals surface area contributed by atoms with Gasteiger partial charge in [0.25, 0.3) is 5.91 Å². The van der Waals surface area contributed by atoms with E-state index in [2.05, 4.69) is 10.4 Å². The van der Waals surface area contributed by atoms with Gasteiger partial charge in [-0.1, -0.05) is 18.5 Å². The fourth-order valence-corrected chi connectivity index (χ4v) is 2.61. The van der Waals surface area contributed by atoms with Crippen LogP contribution in [0.25, 0.3) is 0 Å². The van der Waals surface area contributed by atoms with Gasteiger partial charge in [-0.05, 0) is 24.5 Å². The summed E-state index contributed by atoms with van der Waals surface area (Å²) < 4.78 is 0. The van der Waals surface area contributed by atoms with E-state index in [-0.39, 0.29) is 23.7 Å². The second-order valence-electron chi connectivity index (χ2n) is 4.72. The molecule has 4 N–H and O–H groups in total. The number of anilines is 1. The Morgan fingerprint density at radius 1 is 1.68 bits per heavy atom. The predicted molar refractivity (Wildman–Crippen MR) is 72.7 cm³/mol. The molecule has 2 atom stereocenters. The summed E-state index contributed by atoms with van der Waals surface area (Å²) in [6.07, 6.45) is 0.887. The highest BCUT2D eigenvalue weighted by molar-refractivity contribution is 6.29. The molecule has 2 heterocycles. The third-order valence-electron chi connectivity index (χ3n) is 3.52. The van der Waals surface area contributed by atoms with Crippen molar-refractivity contribution in [1.29, 1.82) is 0 Å². The molecule has 2 unspecified atom stereocenters. The summed E-state index contributed by atoms with van der Waals surface area (Å²) in [6.45, 7) is 2.63. The van der Waals surface area contributed by atoms with Crippen LogP contribution in [0.2, 0.25) is 5.15 Å². The fourth-order valence-electron chi connectivity index (χ4n) is 2.40. The number of nitrogens with one attached hydrogen (secondary N) is 1. The molecule has 1 fully saturated rings. The average molecular weight is 285 g/mol. The van der Waals surface area contributed by atoms with Gasteiger partial charge in [0, 0.05) is 12.1 Å². The molecule has 6 nitrogen and oxygen atoms in total. The van der Waals surface area contributed by atoms with E-state index in [1.807, 2.05) is 6.92 Å². The lowest BCUT2D eigenvalue weighted by Crippen LogP contribution is -2.39. The number of carbonyl (C=O) groups is 1. The van der Waals surface area contributed by atoms with E-state index in [4.69, 9.17) is 17.4 Å². The number of hydrogen-bond donors (Lipinski definition) is 3. The number of aromatic nitrogens is 1. The Morgan fingerprint density at radius 2 is 2.42 bits per heavy atom. The van der Waals surface area contributed by atoms with Crippen molar-refractivity contribution in [3.8, 4) is 0 Å². The van der Waals surface area contributed by atoms with Crippen LogP contribution in [-0.4, -0.2) is 40.1 Å². The zero-order valence-corrected chi connectivity index (χ0v) is 11.4. The summed E-state index contributed by atoms with van der Waals surface area (Å²) in [5.74, 6) is 5.74. The van der Waals surface area contributed by atoms with Crippen LogP contribution in [0.1, 0.15) is 23.7 Å². The maximum atomic E-state index is 12.4. The summed E-state index contributed by atoms with van der Waals surface area (Å²) in [5, 5.41) is 9.59. The number of nitrogens with two attached hydrogens (primary N) is 1. The van der Waals surface area contributed by atoms with E-state index in [0.717, 1.165) is 6.42 Å². The van der Waals surface area contributed by atoms with Gasteiger partial charge in [-0.2, -0.15) is 0 Å². The number of likely N-dealkylation sites (tertiary alicyclic amines) is 1.